The number of urea groups is 1. The van der Waals surface area contributed by atoms with Crippen LogP contribution in [0.4, 0.5) is 15.0 Å². The van der Waals surface area contributed by atoms with Crippen molar-refractivity contribution in [1.29, 1.82) is 0 Å². The average Bonchev–Trinajstić information content (AvgIpc) is 3.27. The molecular formula is C20H30FN5O. The number of aromatic nitrogens is 2. The Morgan fingerprint density at radius 1 is 1.33 bits per heavy atom. The first-order valence-corrected chi connectivity index (χ1v) is 10.4. The average molecular weight is 375 g/mol. The minimum absolute atomic E-state index is 0.0511. The van der Waals surface area contributed by atoms with Crippen LogP contribution in [0, 0.1) is 11.8 Å². The van der Waals surface area contributed by atoms with Gasteiger partial charge in [-0.1, -0.05) is 0 Å². The van der Waals surface area contributed by atoms with Crippen LogP contribution in [-0.4, -0.2) is 59.0 Å². The monoisotopic (exact) mass is 375 g/mol. The van der Waals surface area contributed by atoms with Gasteiger partial charge in [0.1, 0.15) is 6.17 Å². The summed E-state index contributed by atoms with van der Waals surface area (Å²) in [5, 5.41) is 11.4. The van der Waals surface area contributed by atoms with E-state index in [4.69, 9.17) is 0 Å². The van der Waals surface area contributed by atoms with E-state index in [9.17, 15) is 9.18 Å². The van der Waals surface area contributed by atoms with Gasteiger partial charge in [-0.25, -0.2) is 9.18 Å². The Morgan fingerprint density at radius 2 is 2.15 bits per heavy atom. The van der Waals surface area contributed by atoms with E-state index in [1.54, 1.807) is 6.20 Å². The van der Waals surface area contributed by atoms with Crippen molar-refractivity contribution in [2.24, 2.45) is 11.8 Å². The molecule has 0 spiro atoms. The molecule has 1 N–H and O–H groups in total. The lowest BCUT2D eigenvalue weighted by Crippen LogP contribution is -2.48. The Bertz CT molecular complexity index is 637. The molecule has 27 heavy (non-hydrogen) atoms. The van der Waals surface area contributed by atoms with Crippen LogP contribution in [0.3, 0.4) is 0 Å². The van der Waals surface area contributed by atoms with Crippen molar-refractivity contribution >= 4 is 11.8 Å². The largest absolute Gasteiger partial charge is 0.353 e. The Labute approximate surface area is 160 Å². The van der Waals surface area contributed by atoms with Gasteiger partial charge in [-0.15, -0.1) is 5.10 Å². The van der Waals surface area contributed by atoms with E-state index >= 15 is 0 Å². The number of anilines is 1. The number of alkyl halides is 1. The predicted molar refractivity (Wildman–Crippen MR) is 102 cm³/mol. The molecule has 0 radical (unpaired) electrons. The summed E-state index contributed by atoms with van der Waals surface area (Å²) in [5.74, 6) is 2.03. The summed E-state index contributed by atoms with van der Waals surface area (Å²) in [5.41, 5.74) is 0. The van der Waals surface area contributed by atoms with Crippen molar-refractivity contribution in [1.82, 2.24) is 20.4 Å². The summed E-state index contributed by atoms with van der Waals surface area (Å²) in [6, 6.07) is 4.40. The van der Waals surface area contributed by atoms with Crippen LogP contribution in [0.15, 0.2) is 18.3 Å². The molecule has 6 nitrogen and oxygen atoms in total. The molecule has 2 saturated carbocycles. The molecule has 3 fully saturated rings. The summed E-state index contributed by atoms with van der Waals surface area (Å²) in [4.78, 5) is 17.0. The van der Waals surface area contributed by atoms with E-state index < -0.39 is 6.17 Å². The molecule has 4 rings (SSSR count). The molecule has 1 aromatic rings. The quantitative estimate of drug-likeness (QED) is 0.859. The van der Waals surface area contributed by atoms with E-state index in [1.807, 2.05) is 24.0 Å². The number of nitrogens with one attached hydrogen (secondary N) is 1. The van der Waals surface area contributed by atoms with Gasteiger partial charge < -0.3 is 15.1 Å². The predicted octanol–water partition coefficient (Wildman–Crippen LogP) is 3.00. The third kappa shape index (κ3) is 4.17. The summed E-state index contributed by atoms with van der Waals surface area (Å²) in [6.45, 7) is 4.44. The number of halogens is 1. The maximum Gasteiger partial charge on any atom is 0.317 e. The van der Waals surface area contributed by atoms with E-state index in [0.29, 0.717) is 31.2 Å². The molecular weight excluding hydrogens is 345 g/mol. The third-order valence-electron chi connectivity index (χ3n) is 6.54. The van der Waals surface area contributed by atoms with Crippen LogP contribution >= 0.6 is 0 Å². The van der Waals surface area contributed by atoms with E-state index in [-0.39, 0.29) is 18.1 Å². The summed E-state index contributed by atoms with van der Waals surface area (Å²) in [7, 11) is 0. The molecule has 1 aromatic heterocycles. The lowest BCUT2D eigenvalue weighted by atomic mass is 9.84. The highest BCUT2D eigenvalue weighted by Crippen LogP contribution is 2.44. The van der Waals surface area contributed by atoms with Crippen LogP contribution in [0.25, 0.3) is 0 Å². The number of carbonyl (C=O) groups excluding carboxylic acids is 1. The molecule has 1 saturated heterocycles. The van der Waals surface area contributed by atoms with Crippen LogP contribution in [0.1, 0.15) is 45.4 Å². The topological polar surface area (TPSA) is 61.4 Å². The van der Waals surface area contributed by atoms with E-state index in [2.05, 4.69) is 20.4 Å². The molecule has 148 valence electrons. The number of amides is 2. The van der Waals surface area contributed by atoms with Gasteiger partial charge in [0.05, 0.1) is 6.04 Å². The van der Waals surface area contributed by atoms with Crippen molar-refractivity contribution in [2.45, 2.75) is 63.7 Å². The first-order valence-electron chi connectivity index (χ1n) is 10.4. The Balaban J connectivity index is 1.28. The van der Waals surface area contributed by atoms with E-state index in [1.165, 1.54) is 0 Å². The van der Waals surface area contributed by atoms with Crippen molar-refractivity contribution < 1.29 is 9.18 Å². The molecule has 3 aliphatic rings. The number of hydrogen-bond acceptors (Lipinski definition) is 4. The Kier molecular flexibility index (Phi) is 5.45. The second-order valence-electron chi connectivity index (χ2n) is 8.22. The summed E-state index contributed by atoms with van der Waals surface area (Å²) < 4.78 is 13.3. The highest BCUT2D eigenvalue weighted by Gasteiger charge is 2.45. The van der Waals surface area contributed by atoms with Gasteiger partial charge in [0.2, 0.25) is 0 Å². The molecule has 3 atom stereocenters. The lowest BCUT2D eigenvalue weighted by molar-refractivity contribution is 0.176. The summed E-state index contributed by atoms with van der Waals surface area (Å²) >= 11 is 0. The van der Waals surface area contributed by atoms with Crippen molar-refractivity contribution in [3.63, 3.8) is 0 Å². The maximum atomic E-state index is 13.3. The van der Waals surface area contributed by atoms with Gasteiger partial charge in [0.25, 0.3) is 0 Å². The third-order valence-corrected chi connectivity index (χ3v) is 6.54. The van der Waals surface area contributed by atoms with Gasteiger partial charge in [0, 0.05) is 31.9 Å². The highest BCUT2D eigenvalue weighted by atomic mass is 19.1. The smallest absolute Gasteiger partial charge is 0.317 e. The number of hydrogen-bond donors (Lipinski definition) is 1. The first kappa shape index (κ1) is 18.4. The van der Waals surface area contributed by atoms with Crippen molar-refractivity contribution in [3.8, 4) is 0 Å². The van der Waals surface area contributed by atoms with Crippen LogP contribution in [-0.2, 0) is 0 Å². The zero-order valence-corrected chi connectivity index (χ0v) is 16.1. The number of likely N-dealkylation sites (N-methyl/N-ethyl adjacent to an activating group) is 1. The molecule has 0 aromatic carbocycles. The van der Waals surface area contributed by atoms with Gasteiger partial charge in [-0.05, 0) is 69.4 Å². The highest BCUT2D eigenvalue weighted by molar-refractivity contribution is 5.75. The zero-order chi connectivity index (χ0) is 18.8. The second-order valence-corrected chi connectivity index (χ2v) is 8.22. The molecule has 2 heterocycles. The lowest BCUT2D eigenvalue weighted by Gasteiger charge is -2.29. The molecule has 1 aliphatic heterocycles. The Morgan fingerprint density at radius 3 is 2.85 bits per heavy atom. The number of nitrogens with zero attached hydrogens (tertiary/aromatic N) is 4. The molecule has 2 aliphatic carbocycles. The minimum atomic E-state index is -0.608. The minimum Gasteiger partial charge on any atom is -0.353 e. The van der Waals surface area contributed by atoms with Gasteiger partial charge in [0.15, 0.2) is 5.82 Å². The van der Waals surface area contributed by atoms with Crippen molar-refractivity contribution in [2.75, 3.05) is 24.5 Å². The van der Waals surface area contributed by atoms with Gasteiger partial charge >= 0.3 is 6.03 Å². The fourth-order valence-electron chi connectivity index (χ4n) is 4.88. The summed E-state index contributed by atoms with van der Waals surface area (Å²) in [6.07, 6.45) is 6.43. The van der Waals surface area contributed by atoms with Gasteiger partial charge in [-0.3, -0.25) is 0 Å². The fraction of sp³-hybridized carbons (Fsp3) is 0.750. The van der Waals surface area contributed by atoms with E-state index in [0.717, 1.165) is 44.6 Å². The molecule has 1 unspecified atom stereocenters. The number of carbonyl (C=O) groups is 1. The second kappa shape index (κ2) is 7.98. The van der Waals surface area contributed by atoms with Crippen LogP contribution in [0.5, 0.6) is 0 Å². The molecule has 7 heteroatoms. The number of rotatable bonds is 5. The Hall–Kier alpha value is -1.92. The normalized spacial score (nSPS) is 33.0. The zero-order valence-electron chi connectivity index (χ0n) is 16.1. The first-order chi connectivity index (χ1) is 13.2. The maximum absolute atomic E-state index is 13.3. The molecule has 0 bridgehead atoms. The van der Waals surface area contributed by atoms with Crippen LogP contribution in [0.2, 0.25) is 0 Å². The SMILES string of the molecule is CCN(C(=O)N[C@H]1CC1C1CCC(F)CC1)[C@H]1CCN(c2cccnn2)C1. The molecule has 2 amide bonds. The van der Waals surface area contributed by atoms with Gasteiger partial charge in [-0.2, -0.15) is 5.10 Å². The fourth-order valence-corrected chi connectivity index (χ4v) is 4.88. The standard InChI is InChI=1S/C20H30FN5O/c1-2-26(16-9-11-25(13-16)19-4-3-10-22-24-19)20(27)23-18-12-17(18)14-5-7-15(21)8-6-14/h3-4,10,14-18H,2,5-9,11-13H2,1H3,(H,23,27)/t14?,15?,16-,17?,18-/m0/s1. The van der Waals surface area contributed by atoms with Crippen LogP contribution < -0.4 is 10.2 Å². The van der Waals surface area contributed by atoms with Crippen molar-refractivity contribution in [3.05, 3.63) is 18.3 Å².